The highest BCUT2D eigenvalue weighted by Crippen LogP contribution is 2.67. The van der Waals surface area contributed by atoms with E-state index in [2.05, 4.69) is 33.8 Å². The molecule has 0 saturated heterocycles. The third-order valence-corrected chi connectivity index (χ3v) is 10.8. The van der Waals surface area contributed by atoms with Crippen LogP contribution in [0.1, 0.15) is 91.9 Å². The molecule has 4 aliphatic carbocycles. The Morgan fingerprint density at radius 3 is 2.66 bits per heavy atom. The van der Waals surface area contributed by atoms with Gasteiger partial charge in [0.15, 0.2) is 0 Å². The zero-order valence-electron chi connectivity index (χ0n) is 19.3. The largest absolute Gasteiger partial charge is 0.393 e. The molecule has 0 bridgehead atoms. The molecule has 0 radical (unpaired) electrons. The second kappa shape index (κ2) is 7.21. The van der Waals surface area contributed by atoms with Gasteiger partial charge in [-0.05, 0) is 111 Å². The smallest absolute Gasteiger partial charge is 0.0577 e. The predicted molar refractivity (Wildman–Crippen MR) is 121 cm³/mol. The van der Waals surface area contributed by atoms with Crippen molar-refractivity contribution in [3.05, 3.63) is 11.6 Å². The van der Waals surface area contributed by atoms with Crippen LogP contribution in [0.3, 0.4) is 0 Å². The molecule has 1 unspecified atom stereocenters. The summed E-state index contributed by atoms with van der Waals surface area (Å²) in [5.41, 5.74) is 4.05. The lowest BCUT2D eigenvalue weighted by molar-refractivity contribution is -0.0532. The summed E-state index contributed by atoms with van der Waals surface area (Å²) in [7, 11) is 0. The average Bonchev–Trinajstić information content (AvgIpc) is 3.06. The molecule has 2 heteroatoms. The zero-order valence-corrected chi connectivity index (χ0v) is 19.3. The lowest BCUT2D eigenvalue weighted by atomic mass is 9.47. The SMILES string of the molecule is C[C@H]1CCC([C@@H](C)C2CC[C@H]3[C@@H]4CC=C5C[C@@H](O)CC[C@]5(C)[C@H]4CC[C@]23C)=NC1. The molecule has 0 amide bonds. The maximum atomic E-state index is 10.2. The first-order valence-corrected chi connectivity index (χ1v) is 12.7. The number of rotatable bonds is 2. The van der Waals surface area contributed by atoms with Crippen LogP contribution in [-0.2, 0) is 0 Å². The molecule has 3 saturated carbocycles. The minimum absolute atomic E-state index is 0.0876. The zero-order chi connectivity index (χ0) is 20.4. The first kappa shape index (κ1) is 20.3. The van der Waals surface area contributed by atoms with Crippen LogP contribution in [0.15, 0.2) is 16.6 Å². The normalized spacial score (nSPS) is 50.7. The molecule has 1 heterocycles. The summed E-state index contributed by atoms with van der Waals surface area (Å²) in [4.78, 5) is 5.06. The Balaban J connectivity index is 1.38. The van der Waals surface area contributed by atoms with Crippen molar-refractivity contribution < 1.29 is 5.11 Å². The molecule has 1 N–H and O–H groups in total. The third kappa shape index (κ3) is 3.10. The third-order valence-electron chi connectivity index (χ3n) is 10.8. The maximum Gasteiger partial charge on any atom is 0.0577 e. The highest BCUT2D eigenvalue weighted by Gasteiger charge is 2.59. The van der Waals surface area contributed by atoms with Crippen molar-refractivity contribution in [1.82, 2.24) is 0 Å². The molecule has 0 aromatic rings. The lowest BCUT2D eigenvalue weighted by Gasteiger charge is -2.58. The van der Waals surface area contributed by atoms with Gasteiger partial charge in [-0.1, -0.05) is 39.3 Å². The average molecular weight is 398 g/mol. The summed E-state index contributed by atoms with van der Waals surface area (Å²) >= 11 is 0. The molecule has 9 atom stereocenters. The van der Waals surface area contributed by atoms with E-state index in [0.29, 0.717) is 16.7 Å². The monoisotopic (exact) mass is 397 g/mol. The Morgan fingerprint density at radius 2 is 1.90 bits per heavy atom. The number of nitrogens with zero attached hydrogens (tertiary/aromatic N) is 1. The fourth-order valence-corrected chi connectivity index (χ4v) is 8.95. The Bertz CT molecular complexity index is 709. The van der Waals surface area contributed by atoms with Crippen LogP contribution in [0.25, 0.3) is 0 Å². The molecule has 0 aromatic carbocycles. The maximum absolute atomic E-state index is 10.2. The summed E-state index contributed by atoms with van der Waals surface area (Å²) < 4.78 is 0. The van der Waals surface area contributed by atoms with E-state index in [4.69, 9.17) is 4.99 Å². The van der Waals surface area contributed by atoms with Crippen molar-refractivity contribution in [2.24, 2.45) is 51.3 Å². The van der Waals surface area contributed by atoms with Gasteiger partial charge in [0.2, 0.25) is 0 Å². The van der Waals surface area contributed by atoms with Crippen molar-refractivity contribution in [2.45, 2.75) is 98.0 Å². The fourth-order valence-electron chi connectivity index (χ4n) is 8.95. The van der Waals surface area contributed by atoms with Crippen molar-refractivity contribution in [3.8, 4) is 0 Å². The van der Waals surface area contributed by atoms with Gasteiger partial charge >= 0.3 is 0 Å². The molecular weight excluding hydrogens is 354 g/mol. The Hall–Kier alpha value is -0.630. The van der Waals surface area contributed by atoms with Crippen LogP contribution < -0.4 is 0 Å². The molecule has 29 heavy (non-hydrogen) atoms. The van der Waals surface area contributed by atoms with Crippen LogP contribution >= 0.6 is 0 Å². The van der Waals surface area contributed by atoms with Crippen LogP contribution in [0.4, 0.5) is 0 Å². The van der Waals surface area contributed by atoms with E-state index in [9.17, 15) is 5.11 Å². The van der Waals surface area contributed by atoms with Crippen molar-refractivity contribution >= 4 is 5.71 Å². The first-order valence-electron chi connectivity index (χ1n) is 12.7. The summed E-state index contributed by atoms with van der Waals surface area (Å²) in [6, 6.07) is 0. The fraction of sp³-hybridized carbons (Fsp3) is 0.889. The predicted octanol–water partition coefficient (Wildman–Crippen LogP) is 6.43. The van der Waals surface area contributed by atoms with Crippen molar-refractivity contribution in [3.63, 3.8) is 0 Å². The highest BCUT2D eigenvalue weighted by molar-refractivity contribution is 5.87. The standard InChI is InChI=1S/C27H43NO/c1-17-5-10-25(28-16-17)18(2)22-8-9-23-21-7-6-19-15-20(29)11-13-26(19,3)24(21)12-14-27(22,23)4/h6,17-18,20-24,29H,5,7-16H2,1-4H3/t17-,18-,20-,21-,22?,23-,24-,26-,27+/m0/s1. The lowest BCUT2D eigenvalue weighted by Crippen LogP contribution is -2.51. The Morgan fingerprint density at radius 1 is 1.07 bits per heavy atom. The molecule has 5 rings (SSSR count). The summed E-state index contributed by atoms with van der Waals surface area (Å²) in [6.45, 7) is 11.2. The van der Waals surface area contributed by atoms with Gasteiger partial charge in [0, 0.05) is 12.3 Å². The first-order chi connectivity index (χ1) is 13.8. The van der Waals surface area contributed by atoms with E-state index in [1.54, 1.807) is 11.3 Å². The Kier molecular flexibility index (Phi) is 5.04. The highest BCUT2D eigenvalue weighted by atomic mass is 16.3. The number of allylic oxidation sites excluding steroid dienone is 1. The topological polar surface area (TPSA) is 32.6 Å². The van der Waals surface area contributed by atoms with Gasteiger partial charge in [-0.2, -0.15) is 0 Å². The van der Waals surface area contributed by atoms with Gasteiger partial charge in [-0.15, -0.1) is 0 Å². The number of aliphatic hydroxyl groups excluding tert-OH is 1. The molecule has 162 valence electrons. The van der Waals surface area contributed by atoms with Gasteiger partial charge in [0.1, 0.15) is 0 Å². The summed E-state index contributed by atoms with van der Waals surface area (Å²) in [6.07, 6.45) is 15.2. The van der Waals surface area contributed by atoms with Crippen molar-refractivity contribution in [2.75, 3.05) is 6.54 Å². The summed E-state index contributed by atoms with van der Waals surface area (Å²) in [5.74, 6) is 4.94. The number of aliphatic imine (C=N–C) groups is 1. The number of hydrogen-bond donors (Lipinski definition) is 1. The van der Waals surface area contributed by atoms with E-state index in [0.717, 1.165) is 49.0 Å². The van der Waals surface area contributed by atoms with Gasteiger partial charge < -0.3 is 5.11 Å². The van der Waals surface area contributed by atoms with E-state index < -0.39 is 0 Å². The van der Waals surface area contributed by atoms with Crippen LogP contribution in [0.2, 0.25) is 0 Å². The van der Waals surface area contributed by atoms with E-state index in [-0.39, 0.29) is 6.10 Å². The molecule has 1 aliphatic heterocycles. The number of fused-ring (bicyclic) bond motifs is 5. The van der Waals surface area contributed by atoms with Crippen LogP contribution in [0, 0.1) is 46.3 Å². The van der Waals surface area contributed by atoms with E-state index in [1.807, 2.05) is 0 Å². The van der Waals surface area contributed by atoms with Crippen LogP contribution in [-0.4, -0.2) is 23.5 Å². The van der Waals surface area contributed by atoms with E-state index in [1.165, 1.54) is 51.4 Å². The molecule has 0 aromatic heterocycles. The molecular formula is C27H43NO. The van der Waals surface area contributed by atoms with Crippen LogP contribution in [0.5, 0.6) is 0 Å². The minimum atomic E-state index is -0.0876. The molecule has 3 fully saturated rings. The number of aliphatic hydroxyl groups is 1. The quantitative estimate of drug-likeness (QED) is 0.535. The second-order valence-corrected chi connectivity index (χ2v) is 12.1. The summed E-state index contributed by atoms with van der Waals surface area (Å²) in [5, 5.41) is 10.2. The number of hydrogen-bond acceptors (Lipinski definition) is 2. The van der Waals surface area contributed by atoms with Gasteiger partial charge in [0.25, 0.3) is 0 Å². The Labute approximate surface area is 178 Å². The van der Waals surface area contributed by atoms with Gasteiger partial charge in [0.05, 0.1) is 6.10 Å². The molecule has 5 aliphatic rings. The van der Waals surface area contributed by atoms with Crippen molar-refractivity contribution in [1.29, 1.82) is 0 Å². The van der Waals surface area contributed by atoms with Gasteiger partial charge in [-0.25, -0.2) is 0 Å². The van der Waals surface area contributed by atoms with E-state index >= 15 is 0 Å². The molecule has 2 nitrogen and oxygen atoms in total. The second-order valence-electron chi connectivity index (χ2n) is 12.1. The van der Waals surface area contributed by atoms with Gasteiger partial charge in [-0.3, -0.25) is 4.99 Å². The minimum Gasteiger partial charge on any atom is -0.393 e. The molecule has 0 spiro atoms.